The van der Waals surface area contributed by atoms with Gasteiger partial charge >= 0.3 is 94.2 Å². The SMILES string of the molecule is N#CSc1ccc(C(c2cccc(C(=O)[O-])n2)N2CCOCCOCCN(Cc3cccc(C(=O)[O-])n3)CCOCCOCC2)cc1.O=S(=O)([O-])C(F)(F)F.[Na+].[Na+].[Na+]. The minimum absolute atomic E-state index is 0. The molecule has 4 rings (SSSR count). The number of ether oxygens (including phenoxy) is 4. The van der Waals surface area contributed by atoms with Gasteiger partial charge in [0.1, 0.15) is 5.40 Å². The predicted octanol–water partition coefficient (Wildman–Crippen LogP) is -8.19. The maximum atomic E-state index is 11.6. The molecule has 1 aliphatic rings. The molecule has 0 spiro atoms. The number of benzene rings is 1. The van der Waals surface area contributed by atoms with Crippen molar-refractivity contribution in [1.82, 2.24) is 19.8 Å². The number of nitriles is 1. The van der Waals surface area contributed by atoms with Gasteiger partial charge in [-0.2, -0.15) is 18.4 Å². The Hall–Kier alpha value is -1.24. The summed E-state index contributed by atoms with van der Waals surface area (Å²) in [4.78, 5) is 36.4. The van der Waals surface area contributed by atoms with E-state index in [4.69, 9.17) is 37.2 Å². The number of rotatable bonds is 8. The van der Waals surface area contributed by atoms with E-state index in [0.717, 1.165) is 22.2 Å². The Balaban J connectivity index is 0.00000267. The number of carboxylic acid groups (broad SMARTS) is 2. The number of carbonyl (C=O) groups excluding carboxylic acids is 2. The van der Waals surface area contributed by atoms with Crippen molar-refractivity contribution in [2.45, 2.75) is 23.0 Å². The average Bonchev–Trinajstić information content (AvgIpc) is 3.13. The molecule has 3 heterocycles. The number of carbonyl (C=O) groups is 2. The average molecular weight is 882 g/mol. The Morgan fingerprint density at radius 1 is 0.759 bits per heavy atom. The Morgan fingerprint density at radius 2 is 1.21 bits per heavy atom. The number of halogens is 3. The van der Waals surface area contributed by atoms with Crippen LogP contribution in [0.4, 0.5) is 13.2 Å². The van der Waals surface area contributed by atoms with Crippen LogP contribution in [0.1, 0.15) is 44.0 Å². The van der Waals surface area contributed by atoms with Gasteiger partial charge in [-0.05, 0) is 53.7 Å². The topological polar surface area (TPSA) is 230 Å². The number of aromatic nitrogens is 2. The summed E-state index contributed by atoms with van der Waals surface area (Å²) in [7, 11) is -6.09. The molecule has 0 N–H and O–H groups in total. The van der Waals surface area contributed by atoms with E-state index in [9.17, 15) is 33.0 Å². The first kappa shape index (κ1) is 56.8. The van der Waals surface area contributed by atoms with Gasteiger partial charge in [-0.1, -0.05) is 24.3 Å². The standard InChI is InChI=1S/C33H39N5O8S.CHF3O3S.3Na/c34-24-47-27-9-7-25(8-10-27)31(28-4-2-6-30(36-28)33(41)42)38-13-17-45-21-19-43-15-11-37(12-16-44-20-22-46-18-14-38)23-26-3-1-5-29(35-26)32(39)40;2-1(3,4)8(5,6)7;;;/h1-10,31H,11-23H2,(H,39,40)(H,41,42);(H,5,6,7);;;/q;;3*+1/p-3. The first-order chi connectivity index (χ1) is 26.2. The molecule has 0 amide bonds. The molecule has 0 radical (unpaired) electrons. The molecule has 1 atom stereocenters. The summed E-state index contributed by atoms with van der Waals surface area (Å²) in [5, 5.41) is 34.0. The molecule has 1 saturated heterocycles. The van der Waals surface area contributed by atoms with Crippen molar-refractivity contribution in [2.75, 3.05) is 79.0 Å². The van der Waals surface area contributed by atoms with Gasteiger partial charge in [0, 0.05) is 37.6 Å². The first-order valence-corrected chi connectivity index (χ1v) is 18.7. The molecule has 3 aromatic rings. The Kier molecular flexibility index (Phi) is 29.3. The first-order valence-electron chi connectivity index (χ1n) is 16.5. The van der Waals surface area contributed by atoms with Crippen molar-refractivity contribution in [3.05, 3.63) is 89.0 Å². The van der Waals surface area contributed by atoms with Crippen molar-refractivity contribution in [2.24, 2.45) is 0 Å². The quantitative estimate of drug-likeness (QED) is 0.0673. The third kappa shape index (κ3) is 21.0. The smallest absolute Gasteiger partial charge is 0.741 e. The fraction of sp³-hybridized carbons (Fsp3) is 0.441. The van der Waals surface area contributed by atoms with Gasteiger partial charge in [0.2, 0.25) is 0 Å². The summed E-state index contributed by atoms with van der Waals surface area (Å²) in [5.74, 6) is -2.68. The van der Waals surface area contributed by atoms with E-state index < -0.39 is 33.6 Å². The number of thioether (sulfide) groups is 1. The Morgan fingerprint density at radius 3 is 1.66 bits per heavy atom. The zero-order valence-corrected chi connectivity index (χ0v) is 39.9. The van der Waals surface area contributed by atoms with Crippen LogP contribution in [0.3, 0.4) is 0 Å². The van der Waals surface area contributed by atoms with E-state index in [-0.39, 0.29) is 100 Å². The van der Waals surface area contributed by atoms with Gasteiger partial charge in [0.25, 0.3) is 0 Å². The van der Waals surface area contributed by atoms with Crippen molar-refractivity contribution in [3.8, 4) is 5.40 Å². The van der Waals surface area contributed by atoms with E-state index in [1.165, 1.54) is 12.1 Å². The third-order valence-corrected chi connectivity index (χ3v) is 8.73. The molecule has 0 bridgehead atoms. The number of hydrogen-bond acceptors (Lipinski definition) is 17. The van der Waals surface area contributed by atoms with Crippen LogP contribution in [0.5, 0.6) is 0 Å². The largest absolute Gasteiger partial charge is 1.00 e. The Bertz CT molecular complexity index is 1810. The molecule has 24 heteroatoms. The number of thiocyanates is 1. The van der Waals surface area contributed by atoms with Crippen molar-refractivity contribution < 1.29 is 154 Å². The maximum Gasteiger partial charge on any atom is 1.00 e. The van der Waals surface area contributed by atoms with Crippen LogP contribution in [0.25, 0.3) is 0 Å². The Labute approximate surface area is 404 Å². The summed E-state index contributed by atoms with van der Waals surface area (Å²) in [6.45, 7) is 5.66. The second-order valence-corrected chi connectivity index (χ2v) is 13.6. The summed E-state index contributed by atoms with van der Waals surface area (Å²) in [6, 6.07) is 16.8. The monoisotopic (exact) mass is 881 g/mol. The van der Waals surface area contributed by atoms with E-state index in [0.29, 0.717) is 97.0 Å². The molecular formula is C34H37F3N5Na3O11S2. The molecule has 300 valence electrons. The molecule has 1 aliphatic heterocycles. The maximum absolute atomic E-state index is 11.6. The van der Waals surface area contributed by atoms with Crippen molar-refractivity contribution >= 4 is 33.8 Å². The van der Waals surface area contributed by atoms with Crippen LogP contribution < -0.4 is 98.9 Å². The van der Waals surface area contributed by atoms with Crippen LogP contribution in [-0.4, -0.2) is 129 Å². The van der Waals surface area contributed by atoms with Gasteiger partial charge in [-0.3, -0.25) is 14.8 Å². The molecule has 0 saturated carbocycles. The van der Waals surface area contributed by atoms with Gasteiger partial charge in [-0.15, -0.1) is 0 Å². The molecule has 1 fully saturated rings. The van der Waals surface area contributed by atoms with E-state index in [1.54, 1.807) is 24.3 Å². The molecule has 58 heavy (non-hydrogen) atoms. The molecule has 1 unspecified atom stereocenters. The van der Waals surface area contributed by atoms with E-state index >= 15 is 0 Å². The zero-order chi connectivity index (χ0) is 40.3. The zero-order valence-electron chi connectivity index (χ0n) is 32.2. The summed E-state index contributed by atoms with van der Waals surface area (Å²) in [6.07, 6.45) is 0. The molecule has 0 aliphatic carbocycles. The third-order valence-electron chi connectivity index (χ3n) is 7.56. The van der Waals surface area contributed by atoms with E-state index in [2.05, 4.69) is 25.2 Å². The van der Waals surface area contributed by atoms with Gasteiger partial charge in [-0.25, -0.2) is 13.4 Å². The summed E-state index contributed by atoms with van der Waals surface area (Å²) in [5.41, 5.74) is -3.89. The summed E-state index contributed by atoms with van der Waals surface area (Å²) < 4.78 is 82.4. The molecule has 2 aromatic heterocycles. The molecule has 1 aromatic carbocycles. The fourth-order valence-electron chi connectivity index (χ4n) is 5.00. The molecule has 16 nitrogen and oxygen atoms in total. The summed E-state index contributed by atoms with van der Waals surface area (Å²) >= 11 is 1.06. The number of pyridine rings is 2. The predicted molar refractivity (Wildman–Crippen MR) is 183 cm³/mol. The van der Waals surface area contributed by atoms with Gasteiger partial charge in [0.05, 0.1) is 93.6 Å². The number of hydrogen-bond donors (Lipinski definition) is 0. The minimum atomic E-state index is -6.09. The van der Waals surface area contributed by atoms with Gasteiger partial charge < -0.3 is 43.3 Å². The second-order valence-electron chi connectivity index (χ2n) is 11.4. The van der Waals surface area contributed by atoms with Crippen molar-refractivity contribution in [1.29, 1.82) is 5.26 Å². The fourth-order valence-corrected chi connectivity index (χ4v) is 5.38. The van der Waals surface area contributed by atoms with E-state index in [1.807, 2.05) is 24.3 Å². The molecular weight excluding hydrogens is 844 g/mol. The van der Waals surface area contributed by atoms with Crippen LogP contribution in [0.15, 0.2) is 65.6 Å². The van der Waals surface area contributed by atoms with Crippen LogP contribution in [-0.2, 0) is 35.6 Å². The van der Waals surface area contributed by atoms with Crippen molar-refractivity contribution in [3.63, 3.8) is 0 Å². The minimum Gasteiger partial charge on any atom is -0.741 e. The normalized spacial score (nSPS) is 16.1. The van der Waals surface area contributed by atoms with Gasteiger partial charge in [0.15, 0.2) is 10.1 Å². The second kappa shape index (κ2) is 29.9. The number of alkyl halides is 3. The number of nitrogens with zero attached hydrogens (tertiary/aromatic N) is 5. The van der Waals surface area contributed by atoms with Crippen LogP contribution >= 0.6 is 11.8 Å². The number of aromatic carboxylic acids is 2. The number of carboxylic acids is 2. The van der Waals surface area contributed by atoms with Crippen LogP contribution in [0, 0.1) is 10.7 Å². The van der Waals surface area contributed by atoms with Crippen LogP contribution in [0.2, 0.25) is 0 Å².